The van der Waals surface area contributed by atoms with Crippen molar-refractivity contribution in [3.63, 3.8) is 0 Å². The van der Waals surface area contributed by atoms with Crippen LogP contribution < -0.4 is 10.6 Å². The molecule has 0 bridgehead atoms. The maximum Gasteiger partial charge on any atom is 0.226 e. The number of aromatic amines is 1. The Kier molecular flexibility index (Phi) is 4.33. The zero-order valence-electron chi connectivity index (χ0n) is 14.5. The fraction of sp³-hybridized carbons (Fsp3) is 0.111. The first-order valence-corrected chi connectivity index (χ1v) is 8.80. The van der Waals surface area contributed by atoms with Gasteiger partial charge in [-0.3, -0.25) is 4.98 Å². The molecule has 0 amide bonds. The molecule has 0 aliphatic carbocycles. The average molecular weight is 400 g/mol. The van der Waals surface area contributed by atoms with Gasteiger partial charge in [-0.15, -0.1) is 0 Å². The molecule has 9 heteroatoms. The molecule has 0 atom stereocenters. The average Bonchev–Trinajstić information content (AvgIpc) is 3.05. The maximum absolute atomic E-state index is 6.32. The van der Waals surface area contributed by atoms with Gasteiger partial charge < -0.3 is 15.6 Å². The van der Waals surface area contributed by atoms with E-state index >= 15 is 0 Å². The van der Waals surface area contributed by atoms with E-state index < -0.39 is 0 Å². The standard InChI is InChI=1S/C18H15Cl2N7/c1-27(2)18-23-8-9(16(21)26-18)14-15-12(6-7-22-14)24-17(25-15)13-10(19)4-3-5-11(13)20/h3-8H,1-2H3,(H,24,25)(H2,21,23,26). The summed E-state index contributed by atoms with van der Waals surface area (Å²) in [7, 11) is 3.70. The zero-order chi connectivity index (χ0) is 19.1. The van der Waals surface area contributed by atoms with Crippen molar-refractivity contribution >= 4 is 46.0 Å². The lowest BCUT2D eigenvalue weighted by Crippen LogP contribution is -2.13. The number of halogens is 2. The minimum Gasteiger partial charge on any atom is -0.383 e. The normalized spacial score (nSPS) is 11.1. The summed E-state index contributed by atoms with van der Waals surface area (Å²) in [6, 6.07) is 7.12. The van der Waals surface area contributed by atoms with Crippen LogP contribution >= 0.6 is 23.2 Å². The zero-order valence-corrected chi connectivity index (χ0v) is 16.0. The van der Waals surface area contributed by atoms with Gasteiger partial charge in [0.05, 0.1) is 32.2 Å². The number of aromatic nitrogens is 5. The molecule has 4 aromatic rings. The molecule has 0 aliphatic rings. The fourth-order valence-electron chi connectivity index (χ4n) is 2.76. The van der Waals surface area contributed by atoms with Gasteiger partial charge in [0, 0.05) is 26.5 Å². The predicted molar refractivity (Wildman–Crippen MR) is 109 cm³/mol. The van der Waals surface area contributed by atoms with Crippen molar-refractivity contribution in [3.8, 4) is 22.6 Å². The van der Waals surface area contributed by atoms with Crippen LogP contribution in [-0.4, -0.2) is 39.0 Å². The van der Waals surface area contributed by atoms with E-state index in [1.165, 1.54) is 0 Å². The molecule has 4 rings (SSSR count). The van der Waals surface area contributed by atoms with Crippen LogP contribution in [0, 0.1) is 0 Å². The Morgan fingerprint density at radius 1 is 1.04 bits per heavy atom. The highest BCUT2D eigenvalue weighted by molar-refractivity contribution is 6.39. The topological polar surface area (TPSA) is 96.6 Å². The number of imidazole rings is 1. The molecule has 3 N–H and O–H groups in total. The summed E-state index contributed by atoms with van der Waals surface area (Å²) >= 11 is 12.6. The van der Waals surface area contributed by atoms with Gasteiger partial charge in [-0.05, 0) is 18.2 Å². The molecule has 1 aromatic carbocycles. The van der Waals surface area contributed by atoms with Gasteiger partial charge in [0.25, 0.3) is 0 Å². The SMILES string of the molecule is CN(C)c1ncc(-c2nccc3nc(-c4c(Cl)cccc4Cl)[nH]c23)c(N)n1. The molecule has 0 aliphatic heterocycles. The molecule has 0 fully saturated rings. The largest absolute Gasteiger partial charge is 0.383 e. The Morgan fingerprint density at radius 2 is 1.78 bits per heavy atom. The Labute approximate surface area is 165 Å². The summed E-state index contributed by atoms with van der Waals surface area (Å²) in [4.78, 5) is 22.8. The third-order valence-corrected chi connectivity index (χ3v) is 4.69. The van der Waals surface area contributed by atoms with Crippen molar-refractivity contribution in [1.29, 1.82) is 0 Å². The Morgan fingerprint density at radius 3 is 2.44 bits per heavy atom. The monoisotopic (exact) mass is 399 g/mol. The molecular formula is C18H15Cl2N7. The van der Waals surface area contributed by atoms with Gasteiger partial charge in [0.15, 0.2) is 0 Å². The van der Waals surface area contributed by atoms with Gasteiger partial charge in [-0.2, -0.15) is 4.98 Å². The third-order valence-electron chi connectivity index (χ3n) is 4.06. The lowest BCUT2D eigenvalue weighted by molar-refractivity contribution is 1.00. The number of hydrogen-bond donors (Lipinski definition) is 2. The predicted octanol–water partition coefficient (Wildman–Crippen LogP) is 4.04. The van der Waals surface area contributed by atoms with Crippen LogP contribution in [0.1, 0.15) is 0 Å². The van der Waals surface area contributed by atoms with Crippen LogP contribution in [0.4, 0.5) is 11.8 Å². The lowest BCUT2D eigenvalue weighted by atomic mass is 10.2. The summed E-state index contributed by atoms with van der Waals surface area (Å²) in [5, 5.41) is 1.02. The molecule has 0 unspecified atom stereocenters. The smallest absolute Gasteiger partial charge is 0.226 e. The van der Waals surface area contributed by atoms with Crippen molar-refractivity contribution in [2.45, 2.75) is 0 Å². The molecule has 0 spiro atoms. The second kappa shape index (κ2) is 6.68. The molecule has 0 saturated carbocycles. The summed E-state index contributed by atoms with van der Waals surface area (Å²) in [6.07, 6.45) is 3.32. The minimum atomic E-state index is 0.334. The number of benzene rings is 1. The van der Waals surface area contributed by atoms with E-state index in [4.69, 9.17) is 28.9 Å². The van der Waals surface area contributed by atoms with Crippen molar-refractivity contribution in [1.82, 2.24) is 24.9 Å². The number of nitrogens with zero attached hydrogens (tertiary/aromatic N) is 5. The lowest BCUT2D eigenvalue weighted by Gasteiger charge is -2.12. The first-order chi connectivity index (χ1) is 13.0. The second-order valence-corrected chi connectivity index (χ2v) is 6.91. The van der Waals surface area contributed by atoms with Gasteiger partial charge in [-0.1, -0.05) is 29.3 Å². The summed E-state index contributed by atoms with van der Waals surface area (Å²) in [5.41, 5.74) is 9.43. The number of nitrogen functional groups attached to an aromatic ring is 1. The molecular weight excluding hydrogens is 385 g/mol. The van der Waals surface area contributed by atoms with E-state index in [1.807, 2.05) is 14.1 Å². The highest BCUT2D eigenvalue weighted by Gasteiger charge is 2.17. The minimum absolute atomic E-state index is 0.334. The number of H-pyrrole nitrogens is 1. The summed E-state index contributed by atoms with van der Waals surface area (Å²) < 4.78 is 0. The molecule has 7 nitrogen and oxygen atoms in total. The summed E-state index contributed by atoms with van der Waals surface area (Å²) in [6.45, 7) is 0. The van der Waals surface area contributed by atoms with Crippen LogP contribution in [0.25, 0.3) is 33.7 Å². The van der Waals surface area contributed by atoms with Gasteiger partial charge in [0.2, 0.25) is 5.95 Å². The molecule has 0 saturated heterocycles. The van der Waals surface area contributed by atoms with Crippen LogP contribution in [0.5, 0.6) is 0 Å². The molecule has 136 valence electrons. The van der Waals surface area contributed by atoms with Crippen LogP contribution in [0.15, 0.2) is 36.7 Å². The number of fused-ring (bicyclic) bond motifs is 1. The van der Waals surface area contributed by atoms with Crippen molar-refractivity contribution < 1.29 is 0 Å². The summed E-state index contributed by atoms with van der Waals surface area (Å²) in [5.74, 6) is 1.41. The second-order valence-electron chi connectivity index (χ2n) is 6.10. The van der Waals surface area contributed by atoms with Crippen LogP contribution in [0.3, 0.4) is 0 Å². The first kappa shape index (κ1) is 17.5. The Balaban J connectivity index is 1.90. The molecule has 27 heavy (non-hydrogen) atoms. The van der Waals surface area contributed by atoms with E-state index in [0.29, 0.717) is 55.5 Å². The maximum atomic E-state index is 6.32. The van der Waals surface area contributed by atoms with E-state index in [0.717, 1.165) is 0 Å². The number of anilines is 2. The van der Waals surface area contributed by atoms with Gasteiger partial charge >= 0.3 is 0 Å². The fourth-order valence-corrected chi connectivity index (χ4v) is 3.34. The van der Waals surface area contributed by atoms with Gasteiger partial charge in [-0.25, -0.2) is 9.97 Å². The highest BCUT2D eigenvalue weighted by atomic mass is 35.5. The number of hydrogen-bond acceptors (Lipinski definition) is 6. The molecule has 0 radical (unpaired) electrons. The van der Waals surface area contributed by atoms with E-state index in [2.05, 4.69) is 24.9 Å². The highest BCUT2D eigenvalue weighted by Crippen LogP contribution is 2.36. The number of rotatable bonds is 3. The van der Waals surface area contributed by atoms with Crippen molar-refractivity contribution in [2.24, 2.45) is 0 Å². The van der Waals surface area contributed by atoms with Crippen LogP contribution in [0.2, 0.25) is 10.0 Å². The quantitative estimate of drug-likeness (QED) is 0.539. The van der Waals surface area contributed by atoms with Crippen LogP contribution in [-0.2, 0) is 0 Å². The Bertz CT molecular complexity index is 1130. The number of pyridine rings is 1. The van der Waals surface area contributed by atoms with Crippen molar-refractivity contribution in [3.05, 3.63) is 46.7 Å². The van der Waals surface area contributed by atoms with Gasteiger partial charge in [0.1, 0.15) is 17.3 Å². The molecule has 3 aromatic heterocycles. The third kappa shape index (κ3) is 3.05. The first-order valence-electron chi connectivity index (χ1n) is 8.05. The number of nitrogens with one attached hydrogen (secondary N) is 1. The van der Waals surface area contributed by atoms with E-state index in [-0.39, 0.29) is 0 Å². The van der Waals surface area contributed by atoms with E-state index in [9.17, 15) is 0 Å². The van der Waals surface area contributed by atoms with E-state index in [1.54, 1.807) is 41.6 Å². The Hall–Kier alpha value is -2.90. The van der Waals surface area contributed by atoms with Crippen molar-refractivity contribution in [2.75, 3.05) is 24.7 Å². The number of nitrogens with two attached hydrogens (primary N) is 1. The molecule has 3 heterocycles.